The van der Waals surface area contributed by atoms with E-state index in [1.807, 2.05) is 6.07 Å². The zero-order valence-corrected chi connectivity index (χ0v) is 8.48. The van der Waals surface area contributed by atoms with Crippen LogP contribution in [0.4, 0.5) is 0 Å². The number of hydrogen-bond acceptors (Lipinski definition) is 4. The van der Waals surface area contributed by atoms with Gasteiger partial charge in [0, 0.05) is 6.20 Å². The highest BCUT2D eigenvalue weighted by Gasteiger charge is 2.23. The van der Waals surface area contributed by atoms with Gasteiger partial charge in [-0.05, 0) is 32.5 Å². The number of aromatic nitrogens is 2. The first-order chi connectivity index (χ1) is 6.81. The Kier molecular flexibility index (Phi) is 2.74. The molecule has 76 valence electrons. The molecule has 1 unspecified atom stereocenters. The van der Waals surface area contributed by atoms with Crippen molar-refractivity contribution in [3.05, 3.63) is 23.8 Å². The molecular formula is C10H16N4. The van der Waals surface area contributed by atoms with Crippen molar-refractivity contribution in [1.29, 1.82) is 0 Å². The van der Waals surface area contributed by atoms with Crippen molar-refractivity contribution in [3.63, 3.8) is 0 Å². The summed E-state index contributed by atoms with van der Waals surface area (Å²) in [6, 6.07) is 2.45. The first kappa shape index (κ1) is 9.55. The molecule has 0 aliphatic carbocycles. The molecule has 0 radical (unpaired) electrons. The molecule has 1 aromatic heterocycles. The molecule has 2 N–H and O–H groups in total. The van der Waals surface area contributed by atoms with Crippen molar-refractivity contribution in [1.82, 2.24) is 14.9 Å². The minimum atomic E-state index is 0.421. The first-order valence-corrected chi connectivity index (χ1v) is 5.03. The molecule has 1 fully saturated rings. The molecule has 1 saturated heterocycles. The largest absolute Gasteiger partial charge is 0.324 e. The molecule has 4 nitrogen and oxygen atoms in total. The van der Waals surface area contributed by atoms with Gasteiger partial charge in [0.25, 0.3) is 0 Å². The lowest BCUT2D eigenvalue weighted by Gasteiger charge is -2.18. The van der Waals surface area contributed by atoms with Crippen LogP contribution in [0.5, 0.6) is 0 Å². The maximum absolute atomic E-state index is 5.51. The van der Waals surface area contributed by atoms with Crippen LogP contribution in [0.1, 0.15) is 30.4 Å². The van der Waals surface area contributed by atoms with Gasteiger partial charge < -0.3 is 5.73 Å². The fourth-order valence-corrected chi connectivity index (χ4v) is 1.98. The molecule has 0 bridgehead atoms. The average molecular weight is 192 g/mol. The van der Waals surface area contributed by atoms with E-state index in [2.05, 4.69) is 21.9 Å². The van der Waals surface area contributed by atoms with Crippen molar-refractivity contribution in [2.75, 3.05) is 13.6 Å². The summed E-state index contributed by atoms with van der Waals surface area (Å²) in [5, 5.41) is 0. The second kappa shape index (κ2) is 4.02. The molecule has 2 rings (SSSR count). The van der Waals surface area contributed by atoms with Crippen molar-refractivity contribution < 1.29 is 0 Å². The molecule has 1 aliphatic rings. The van der Waals surface area contributed by atoms with E-state index in [1.54, 1.807) is 6.20 Å². The van der Waals surface area contributed by atoms with Gasteiger partial charge in [-0.15, -0.1) is 0 Å². The molecule has 0 saturated carbocycles. The summed E-state index contributed by atoms with van der Waals surface area (Å²) >= 11 is 0. The van der Waals surface area contributed by atoms with Gasteiger partial charge in [0.2, 0.25) is 0 Å². The Morgan fingerprint density at radius 3 is 3.14 bits per heavy atom. The third kappa shape index (κ3) is 1.76. The molecule has 0 amide bonds. The van der Waals surface area contributed by atoms with E-state index in [0.29, 0.717) is 12.6 Å². The fourth-order valence-electron chi connectivity index (χ4n) is 1.98. The average Bonchev–Trinajstić information content (AvgIpc) is 2.65. The Hall–Kier alpha value is -1.00. The van der Waals surface area contributed by atoms with E-state index in [-0.39, 0.29) is 0 Å². The summed E-state index contributed by atoms with van der Waals surface area (Å²) in [4.78, 5) is 10.9. The van der Waals surface area contributed by atoms with Gasteiger partial charge in [-0.2, -0.15) is 0 Å². The second-order valence-corrected chi connectivity index (χ2v) is 3.74. The summed E-state index contributed by atoms with van der Waals surface area (Å²) in [7, 11) is 2.14. The Labute approximate surface area is 84.2 Å². The van der Waals surface area contributed by atoms with Crippen LogP contribution in [0.2, 0.25) is 0 Å². The summed E-state index contributed by atoms with van der Waals surface area (Å²) in [6.07, 6.45) is 4.25. The van der Waals surface area contributed by atoms with Crippen molar-refractivity contribution in [3.8, 4) is 0 Å². The topological polar surface area (TPSA) is 55.0 Å². The van der Waals surface area contributed by atoms with Gasteiger partial charge in [0.1, 0.15) is 5.82 Å². The van der Waals surface area contributed by atoms with Gasteiger partial charge in [-0.3, -0.25) is 4.90 Å². The van der Waals surface area contributed by atoms with Gasteiger partial charge in [0.15, 0.2) is 0 Å². The predicted octanol–water partition coefficient (Wildman–Crippen LogP) is 0.702. The Bertz CT molecular complexity index is 313. The van der Waals surface area contributed by atoms with E-state index in [0.717, 1.165) is 18.1 Å². The van der Waals surface area contributed by atoms with Crippen LogP contribution >= 0.6 is 0 Å². The van der Waals surface area contributed by atoms with Crippen molar-refractivity contribution in [2.45, 2.75) is 25.4 Å². The van der Waals surface area contributed by atoms with Crippen LogP contribution < -0.4 is 5.73 Å². The molecule has 0 aromatic carbocycles. The van der Waals surface area contributed by atoms with Gasteiger partial charge in [-0.25, -0.2) is 9.97 Å². The van der Waals surface area contributed by atoms with Gasteiger partial charge >= 0.3 is 0 Å². The van der Waals surface area contributed by atoms with E-state index in [9.17, 15) is 0 Å². The summed E-state index contributed by atoms with van der Waals surface area (Å²) in [5.74, 6) is 0.739. The number of likely N-dealkylation sites (tertiary alicyclic amines) is 1. The number of nitrogens with zero attached hydrogens (tertiary/aromatic N) is 3. The maximum atomic E-state index is 5.51. The minimum absolute atomic E-state index is 0.421. The summed E-state index contributed by atoms with van der Waals surface area (Å²) in [6.45, 7) is 1.58. The van der Waals surface area contributed by atoms with E-state index < -0.39 is 0 Å². The molecular weight excluding hydrogens is 176 g/mol. The van der Waals surface area contributed by atoms with Crippen LogP contribution in [-0.2, 0) is 6.54 Å². The Balaban J connectivity index is 2.22. The third-order valence-electron chi connectivity index (χ3n) is 2.77. The van der Waals surface area contributed by atoms with Gasteiger partial charge in [0.05, 0.1) is 18.3 Å². The highest BCUT2D eigenvalue weighted by molar-refractivity contribution is 5.09. The molecule has 2 heterocycles. The van der Waals surface area contributed by atoms with Crippen LogP contribution in [0.25, 0.3) is 0 Å². The second-order valence-electron chi connectivity index (χ2n) is 3.74. The molecule has 4 heteroatoms. The highest BCUT2D eigenvalue weighted by Crippen LogP contribution is 2.28. The summed E-state index contributed by atoms with van der Waals surface area (Å²) < 4.78 is 0. The van der Waals surface area contributed by atoms with Crippen molar-refractivity contribution in [2.24, 2.45) is 5.73 Å². The monoisotopic (exact) mass is 192 g/mol. The molecule has 1 aromatic rings. The molecule has 0 spiro atoms. The number of nitrogens with two attached hydrogens (primary N) is 1. The lowest BCUT2D eigenvalue weighted by atomic mass is 10.1. The van der Waals surface area contributed by atoms with E-state index in [1.165, 1.54) is 12.8 Å². The number of rotatable bonds is 2. The standard InChI is InChI=1S/C10H16N4/c1-14-6-2-3-9(14)8-4-5-12-10(7-11)13-8/h4-5,9H,2-3,6-7,11H2,1H3. The highest BCUT2D eigenvalue weighted by atomic mass is 15.2. The van der Waals surface area contributed by atoms with Crippen LogP contribution in [0.3, 0.4) is 0 Å². The van der Waals surface area contributed by atoms with Crippen LogP contribution in [-0.4, -0.2) is 28.5 Å². The van der Waals surface area contributed by atoms with Crippen molar-refractivity contribution >= 4 is 0 Å². The quantitative estimate of drug-likeness (QED) is 0.749. The zero-order chi connectivity index (χ0) is 9.97. The van der Waals surface area contributed by atoms with E-state index in [4.69, 9.17) is 5.73 Å². The molecule has 14 heavy (non-hydrogen) atoms. The van der Waals surface area contributed by atoms with Crippen LogP contribution in [0.15, 0.2) is 12.3 Å². The van der Waals surface area contributed by atoms with Crippen LogP contribution in [0, 0.1) is 0 Å². The first-order valence-electron chi connectivity index (χ1n) is 5.03. The molecule has 1 atom stereocenters. The smallest absolute Gasteiger partial charge is 0.142 e. The Morgan fingerprint density at radius 2 is 2.50 bits per heavy atom. The lowest BCUT2D eigenvalue weighted by Crippen LogP contribution is -2.19. The normalized spacial score (nSPS) is 22.9. The van der Waals surface area contributed by atoms with Gasteiger partial charge in [-0.1, -0.05) is 0 Å². The third-order valence-corrected chi connectivity index (χ3v) is 2.77. The molecule has 1 aliphatic heterocycles. The number of hydrogen-bond donors (Lipinski definition) is 1. The van der Waals surface area contributed by atoms with E-state index >= 15 is 0 Å². The fraction of sp³-hybridized carbons (Fsp3) is 0.600. The minimum Gasteiger partial charge on any atom is -0.324 e. The summed E-state index contributed by atoms with van der Waals surface area (Å²) in [5.41, 5.74) is 6.62. The lowest BCUT2D eigenvalue weighted by molar-refractivity contribution is 0.311. The SMILES string of the molecule is CN1CCCC1c1ccnc(CN)n1. The predicted molar refractivity (Wildman–Crippen MR) is 54.5 cm³/mol. The maximum Gasteiger partial charge on any atom is 0.142 e. The zero-order valence-electron chi connectivity index (χ0n) is 8.48. The Morgan fingerprint density at radius 1 is 1.64 bits per heavy atom.